The van der Waals surface area contributed by atoms with Gasteiger partial charge in [-0.15, -0.1) is 0 Å². The monoisotopic (exact) mass is 364 g/mol. The third kappa shape index (κ3) is 7.23. The summed E-state index contributed by atoms with van der Waals surface area (Å²) in [5, 5.41) is 0.703. The number of rotatable bonds is 11. The van der Waals surface area contributed by atoms with Gasteiger partial charge in [-0.05, 0) is 0 Å². The van der Waals surface area contributed by atoms with Crippen LogP contribution in [0.4, 0.5) is 0 Å². The van der Waals surface area contributed by atoms with E-state index in [2.05, 4.69) is 0 Å². The first-order valence-electron chi connectivity index (χ1n) is 8.44. The average molecular weight is 363 g/mol. The van der Waals surface area contributed by atoms with Crippen molar-refractivity contribution in [3.8, 4) is 0 Å². The van der Waals surface area contributed by atoms with E-state index in [0.29, 0.717) is 9.78 Å². The van der Waals surface area contributed by atoms with E-state index in [-0.39, 0.29) is 39.7 Å². The Hall–Kier alpha value is -0.681. The van der Waals surface area contributed by atoms with Crippen LogP contribution in [-0.4, -0.2) is 42.8 Å². The van der Waals surface area contributed by atoms with Gasteiger partial charge in [-0.2, -0.15) is 0 Å². The molecule has 0 radical (unpaired) electrons. The van der Waals surface area contributed by atoms with E-state index < -0.39 is 13.1 Å². The quantitative estimate of drug-likeness (QED) is 0.343. The fourth-order valence-electron chi connectivity index (χ4n) is 1.41. The Kier molecular flexibility index (Phi) is 7.28. The van der Waals surface area contributed by atoms with E-state index in [1.165, 1.54) is 14.2 Å². The molecule has 0 aliphatic carbocycles. The fraction of sp³-hybridized carbons (Fsp3) is 0.500. The first-order chi connectivity index (χ1) is 11.8. The number of ether oxygens (including phenoxy) is 4. The summed E-state index contributed by atoms with van der Waals surface area (Å²) in [6.45, 7) is -2.70. The van der Waals surface area contributed by atoms with Crippen LogP contribution in [0, 0.1) is 0 Å². The van der Waals surface area contributed by atoms with E-state index in [1.807, 2.05) is 19.1 Å². The predicted molar refractivity (Wildman–Crippen MR) is 84.8 cm³/mol. The first kappa shape index (κ1) is 12.8. The van der Waals surface area contributed by atoms with Gasteiger partial charge in [-0.25, -0.2) is 0 Å². The van der Waals surface area contributed by atoms with Crippen LogP contribution in [-0.2, 0) is 32.1 Å². The molecule has 118 valence electrons. The molecule has 0 amide bonds. The zero-order valence-electron chi connectivity index (χ0n) is 16.5. The van der Waals surface area contributed by atoms with Crippen LogP contribution in [0.3, 0.4) is 0 Å². The van der Waals surface area contributed by atoms with Gasteiger partial charge in [0.25, 0.3) is 0 Å². The molecule has 1 aromatic rings. The summed E-state index contributed by atoms with van der Waals surface area (Å²) in [5.74, 6) is 0. The molecule has 0 aliphatic heterocycles. The minimum absolute atomic E-state index is 0.202. The zero-order valence-corrected chi connectivity index (χ0v) is 14.3. The summed E-state index contributed by atoms with van der Waals surface area (Å²) in [5.41, 5.74) is 0.577. The maximum absolute atomic E-state index is 8.20. The topological polar surface area (TPSA) is 36.9 Å². The molecule has 0 fully saturated rings. The molecule has 0 N–H and O–H groups in total. The first-order valence-corrected chi connectivity index (χ1v) is 8.50. The molecular weight excluding hydrogens is 335 g/mol. The van der Waals surface area contributed by atoms with E-state index in [1.54, 1.807) is 18.2 Å². The second-order valence-corrected chi connectivity index (χ2v) is 6.03. The Morgan fingerprint density at radius 3 is 2.14 bits per heavy atom. The molecule has 0 aromatic heterocycles. The molecule has 0 atom stereocenters. The Bertz CT molecular complexity index is 529. The van der Waals surface area contributed by atoms with Crippen LogP contribution in [0.25, 0.3) is 0 Å². The van der Waals surface area contributed by atoms with Gasteiger partial charge in [-0.1, -0.05) is 0 Å². The molecule has 1 aromatic carbocycles. The normalized spacial score (nSPS) is 15.6. The fourth-order valence-corrected chi connectivity index (χ4v) is 3.48. The number of allylic oxidation sites excluding steroid dienone is 2. The third-order valence-electron chi connectivity index (χ3n) is 2.29. The Morgan fingerprint density at radius 1 is 1.10 bits per heavy atom. The third-order valence-corrected chi connectivity index (χ3v) is 4.57. The number of hydrogen-bond acceptors (Lipinski definition) is 4. The van der Waals surface area contributed by atoms with Gasteiger partial charge in [0.15, 0.2) is 0 Å². The van der Waals surface area contributed by atoms with Crippen molar-refractivity contribution >= 4 is 19.4 Å². The standard InChI is InChI=1S/C16H24O4Se/c1-4-5-9-21-16-14(10-19-12-17-2)7-6-8-15(16)11-20-13-18-3/h4-8H,9-13H2,1-3H3/b5-4+/i10D2,11D2. The van der Waals surface area contributed by atoms with Crippen LogP contribution in [0.15, 0.2) is 30.4 Å². The second kappa shape index (κ2) is 11.9. The molecular formula is C16H24O4Se. The second-order valence-electron chi connectivity index (χ2n) is 3.87. The van der Waals surface area contributed by atoms with Crippen molar-refractivity contribution in [3.05, 3.63) is 41.5 Å². The van der Waals surface area contributed by atoms with Crippen molar-refractivity contribution in [2.24, 2.45) is 0 Å². The molecule has 0 bridgehead atoms. The van der Waals surface area contributed by atoms with Crippen LogP contribution >= 0.6 is 0 Å². The van der Waals surface area contributed by atoms with Crippen LogP contribution < -0.4 is 4.46 Å². The van der Waals surface area contributed by atoms with Gasteiger partial charge in [0.05, 0.1) is 0 Å². The molecule has 1 rings (SSSR count). The van der Waals surface area contributed by atoms with Crippen molar-refractivity contribution in [2.75, 3.05) is 27.8 Å². The Balaban J connectivity index is 3.34. The molecule has 0 saturated heterocycles. The molecule has 0 unspecified atom stereocenters. The van der Waals surface area contributed by atoms with Crippen molar-refractivity contribution in [1.82, 2.24) is 0 Å². The molecule has 0 aliphatic rings. The van der Waals surface area contributed by atoms with Gasteiger partial charge in [0.1, 0.15) is 0 Å². The van der Waals surface area contributed by atoms with E-state index in [4.69, 9.17) is 24.4 Å². The van der Waals surface area contributed by atoms with Gasteiger partial charge in [0.2, 0.25) is 0 Å². The SMILES string of the molecule is [2H]C([2H])(OCOC)c1cccc(C([2H])([2H])OCOC)c1[Se]C/C=C/C. The van der Waals surface area contributed by atoms with Crippen molar-refractivity contribution in [3.63, 3.8) is 0 Å². The molecule has 21 heavy (non-hydrogen) atoms. The minimum atomic E-state index is -2.10. The summed E-state index contributed by atoms with van der Waals surface area (Å²) in [6.07, 6.45) is 3.88. The van der Waals surface area contributed by atoms with Crippen molar-refractivity contribution in [2.45, 2.75) is 25.4 Å². The van der Waals surface area contributed by atoms with Gasteiger partial charge >= 0.3 is 138 Å². The predicted octanol–water partition coefficient (Wildman–Crippen LogP) is 2.25. The average Bonchev–Trinajstić information content (AvgIpc) is 2.58. The van der Waals surface area contributed by atoms with Crippen LogP contribution in [0.1, 0.15) is 23.5 Å². The van der Waals surface area contributed by atoms with Crippen LogP contribution in [0.2, 0.25) is 5.32 Å². The Labute approximate surface area is 139 Å². The number of methoxy groups -OCH3 is 2. The Morgan fingerprint density at radius 2 is 1.67 bits per heavy atom. The zero-order chi connectivity index (χ0) is 18.9. The summed E-state index contributed by atoms with van der Waals surface area (Å²) in [7, 11) is 2.83. The van der Waals surface area contributed by atoms with E-state index >= 15 is 0 Å². The van der Waals surface area contributed by atoms with Crippen molar-refractivity contribution in [1.29, 1.82) is 0 Å². The van der Waals surface area contributed by atoms with Gasteiger partial charge in [0, 0.05) is 0 Å². The number of benzene rings is 1. The summed E-state index contributed by atoms with van der Waals surface area (Å²) >= 11 is -0.202. The summed E-state index contributed by atoms with van der Waals surface area (Å²) in [4.78, 5) is 0. The van der Waals surface area contributed by atoms with E-state index in [9.17, 15) is 0 Å². The van der Waals surface area contributed by atoms with Gasteiger partial charge < -0.3 is 0 Å². The van der Waals surface area contributed by atoms with Crippen LogP contribution in [0.5, 0.6) is 0 Å². The maximum atomic E-state index is 8.20. The van der Waals surface area contributed by atoms with Crippen molar-refractivity contribution < 1.29 is 24.4 Å². The molecule has 0 heterocycles. The van der Waals surface area contributed by atoms with Gasteiger partial charge in [-0.3, -0.25) is 0 Å². The van der Waals surface area contributed by atoms with E-state index in [0.717, 1.165) is 0 Å². The number of hydrogen-bond donors (Lipinski definition) is 0. The summed E-state index contributed by atoms with van der Waals surface area (Å²) < 4.78 is 53.3. The molecule has 4 nitrogen and oxygen atoms in total. The molecule has 0 saturated carbocycles. The molecule has 5 heteroatoms. The summed E-state index contributed by atoms with van der Waals surface area (Å²) in [6, 6.07) is 4.82. The molecule has 0 spiro atoms.